The molecule has 0 radical (unpaired) electrons. The van der Waals surface area contributed by atoms with Crippen LogP contribution >= 0.6 is 11.8 Å². The van der Waals surface area contributed by atoms with E-state index < -0.39 is 5.63 Å². The smallest absolute Gasteiger partial charge is 0.344 e. The first kappa shape index (κ1) is 21.7. The summed E-state index contributed by atoms with van der Waals surface area (Å²) in [7, 11) is 0. The van der Waals surface area contributed by atoms with Crippen LogP contribution in [0.25, 0.3) is 22.1 Å². The quantitative estimate of drug-likeness (QED) is 0.277. The Morgan fingerprint density at radius 1 is 0.971 bits per heavy atom. The standard InChI is InChI=1S/C26H20N4O3S/c1-17-27-28-26(34-16-18-7-3-2-4-8-18)30(17)29-24(31)20-13-11-19(12-14-20)22-15-21-9-5-6-10-23(21)33-25(22)32/h2-15H,16H2,1H3,(H,29,31). The van der Waals surface area contributed by atoms with E-state index in [0.29, 0.717) is 39.0 Å². The van der Waals surface area contributed by atoms with Crippen LogP contribution in [0.4, 0.5) is 0 Å². The lowest BCUT2D eigenvalue weighted by atomic mass is 10.0. The lowest BCUT2D eigenvalue weighted by molar-refractivity contribution is 0.101. The summed E-state index contributed by atoms with van der Waals surface area (Å²) in [6.45, 7) is 1.78. The number of nitrogens with zero attached hydrogens (tertiary/aromatic N) is 3. The van der Waals surface area contributed by atoms with Crippen LogP contribution in [-0.4, -0.2) is 20.8 Å². The van der Waals surface area contributed by atoms with Gasteiger partial charge in [-0.25, -0.2) is 9.47 Å². The van der Waals surface area contributed by atoms with Crippen LogP contribution in [0, 0.1) is 6.92 Å². The maximum Gasteiger partial charge on any atom is 0.344 e. The largest absolute Gasteiger partial charge is 0.422 e. The van der Waals surface area contributed by atoms with Gasteiger partial charge in [0.25, 0.3) is 5.91 Å². The predicted molar refractivity (Wildman–Crippen MR) is 132 cm³/mol. The zero-order chi connectivity index (χ0) is 23.5. The Labute approximate surface area is 199 Å². The molecule has 0 unspecified atom stereocenters. The fourth-order valence-corrected chi connectivity index (χ4v) is 4.41. The highest BCUT2D eigenvalue weighted by molar-refractivity contribution is 7.98. The van der Waals surface area contributed by atoms with Crippen molar-refractivity contribution in [2.24, 2.45) is 0 Å². The van der Waals surface area contributed by atoms with Crippen LogP contribution in [0.2, 0.25) is 0 Å². The van der Waals surface area contributed by atoms with Crippen LogP contribution in [0.5, 0.6) is 0 Å². The van der Waals surface area contributed by atoms with Gasteiger partial charge in [0.05, 0.1) is 5.56 Å². The molecule has 3 aromatic carbocycles. The van der Waals surface area contributed by atoms with E-state index in [0.717, 1.165) is 10.9 Å². The van der Waals surface area contributed by atoms with Gasteiger partial charge in [0.1, 0.15) is 11.4 Å². The van der Waals surface area contributed by atoms with Gasteiger partial charge in [-0.05, 0) is 42.3 Å². The summed E-state index contributed by atoms with van der Waals surface area (Å²) in [6.07, 6.45) is 0. The molecule has 34 heavy (non-hydrogen) atoms. The third-order valence-electron chi connectivity index (χ3n) is 5.32. The molecule has 0 bridgehead atoms. The van der Waals surface area contributed by atoms with Gasteiger partial charge in [0, 0.05) is 16.7 Å². The molecule has 0 aliphatic rings. The van der Waals surface area contributed by atoms with E-state index in [-0.39, 0.29) is 5.91 Å². The lowest BCUT2D eigenvalue weighted by Crippen LogP contribution is -2.24. The number of nitrogens with one attached hydrogen (secondary N) is 1. The Hall–Kier alpha value is -4.17. The second-order valence-corrected chi connectivity index (χ2v) is 8.59. The van der Waals surface area contributed by atoms with E-state index in [4.69, 9.17) is 4.42 Å². The van der Waals surface area contributed by atoms with Crippen LogP contribution < -0.4 is 11.1 Å². The number of hydrogen-bond acceptors (Lipinski definition) is 6. The molecule has 2 aromatic heterocycles. The molecule has 2 heterocycles. The number of aromatic nitrogens is 3. The van der Waals surface area contributed by atoms with Gasteiger partial charge in [-0.3, -0.25) is 10.2 Å². The van der Waals surface area contributed by atoms with Crippen molar-refractivity contribution >= 4 is 28.6 Å². The fraction of sp³-hybridized carbons (Fsp3) is 0.0769. The van der Waals surface area contributed by atoms with Crippen LogP contribution in [0.1, 0.15) is 21.7 Å². The van der Waals surface area contributed by atoms with Crippen LogP contribution in [0.3, 0.4) is 0 Å². The SMILES string of the molecule is Cc1nnc(SCc2ccccc2)n1NC(=O)c1ccc(-c2cc3ccccc3oc2=O)cc1. The molecule has 0 aliphatic heterocycles. The zero-order valence-electron chi connectivity index (χ0n) is 18.3. The minimum Gasteiger partial charge on any atom is -0.422 e. The summed E-state index contributed by atoms with van der Waals surface area (Å²) in [5.74, 6) is 0.980. The highest BCUT2D eigenvalue weighted by Gasteiger charge is 2.15. The normalized spacial score (nSPS) is 11.0. The number of carbonyl (C=O) groups excluding carboxylic acids is 1. The molecular weight excluding hydrogens is 448 g/mol. The van der Waals surface area contributed by atoms with Crippen molar-refractivity contribution < 1.29 is 9.21 Å². The van der Waals surface area contributed by atoms with Crippen molar-refractivity contribution in [1.29, 1.82) is 0 Å². The number of rotatable bonds is 6. The second-order valence-electron chi connectivity index (χ2n) is 7.64. The molecule has 1 N–H and O–H groups in total. The number of thioether (sulfide) groups is 1. The first-order chi connectivity index (χ1) is 16.6. The molecule has 0 fully saturated rings. The Bertz CT molecular complexity index is 1530. The number of para-hydroxylation sites is 1. The summed E-state index contributed by atoms with van der Waals surface area (Å²) in [5, 5.41) is 9.71. The number of benzene rings is 3. The van der Waals surface area contributed by atoms with Gasteiger partial charge >= 0.3 is 5.63 Å². The molecule has 7 nitrogen and oxygen atoms in total. The van der Waals surface area contributed by atoms with Crippen LogP contribution in [0.15, 0.2) is 99.3 Å². The van der Waals surface area contributed by atoms with Gasteiger partial charge in [0.15, 0.2) is 0 Å². The van der Waals surface area contributed by atoms with E-state index in [9.17, 15) is 9.59 Å². The van der Waals surface area contributed by atoms with Crippen molar-refractivity contribution in [2.45, 2.75) is 17.8 Å². The summed E-state index contributed by atoms with van der Waals surface area (Å²) in [5.41, 5.74) is 5.70. The molecule has 0 atom stereocenters. The van der Waals surface area contributed by atoms with Gasteiger partial charge in [-0.15, -0.1) is 10.2 Å². The summed E-state index contributed by atoms with van der Waals surface area (Å²) >= 11 is 1.49. The van der Waals surface area contributed by atoms with E-state index in [1.165, 1.54) is 11.8 Å². The van der Waals surface area contributed by atoms with Gasteiger partial charge < -0.3 is 4.42 Å². The molecular formula is C26H20N4O3S. The van der Waals surface area contributed by atoms with E-state index in [2.05, 4.69) is 15.6 Å². The van der Waals surface area contributed by atoms with Crippen molar-refractivity contribution in [1.82, 2.24) is 14.9 Å². The molecule has 0 spiro atoms. The predicted octanol–water partition coefficient (Wildman–Crippen LogP) is 5.04. The van der Waals surface area contributed by atoms with E-state index in [1.807, 2.05) is 48.5 Å². The highest BCUT2D eigenvalue weighted by Crippen LogP contribution is 2.23. The Balaban J connectivity index is 1.33. The number of fused-ring (bicyclic) bond motifs is 1. The minimum atomic E-state index is -0.420. The monoisotopic (exact) mass is 468 g/mol. The number of hydrogen-bond donors (Lipinski definition) is 1. The van der Waals surface area contributed by atoms with E-state index >= 15 is 0 Å². The van der Waals surface area contributed by atoms with Crippen molar-refractivity contribution in [3.05, 3.63) is 112 Å². The van der Waals surface area contributed by atoms with Gasteiger partial charge in [-0.2, -0.15) is 0 Å². The lowest BCUT2D eigenvalue weighted by Gasteiger charge is -2.10. The Morgan fingerprint density at radius 3 is 2.50 bits per heavy atom. The molecule has 8 heteroatoms. The third kappa shape index (κ3) is 4.49. The maximum atomic E-state index is 12.9. The first-order valence-corrected chi connectivity index (χ1v) is 11.6. The second kappa shape index (κ2) is 9.36. The summed E-state index contributed by atoms with van der Waals surface area (Å²) in [4.78, 5) is 25.3. The molecule has 0 saturated carbocycles. The Morgan fingerprint density at radius 2 is 1.71 bits per heavy atom. The Kier molecular flexibility index (Phi) is 5.97. The molecule has 168 valence electrons. The highest BCUT2D eigenvalue weighted by atomic mass is 32.2. The molecule has 0 aliphatic carbocycles. The molecule has 5 aromatic rings. The number of amides is 1. The fourth-order valence-electron chi connectivity index (χ4n) is 3.52. The third-order valence-corrected chi connectivity index (χ3v) is 6.32. The van der Waals surface area contributed by atoms with Crippen molar-refractivity contribution in [2.75, 3.05) is 5.43 Å². The average molecular weight is 469 g/mol. The summed E-state index contributed by atoms with van der Waals surface area (Å²) in [6, 6.07) is 26.0. The maximum absolute atomic E-state index is 12.9. The number of carbonyl (C=O) groups is 1. The van der Waals surface area contributed by atoms with Crippen molar-refractivity contribution in [3.63, 3.8) is 0 Å². The van der Waals surface area contributed by atoms with E-state index in [1.54, 1.807) is 48.0 Å². The van der Waals surface area contributed by atoms with Gasteiger partial charge in [0.2, 0.25) is 5.16 Å². The number of aryl methyl sites for hydroxylation is 1. The molecule has 5 rings (SSSR count). The van der Waals surface area contributed by atoms with Crippen LogP contribution in [-0.2, 0) is 5.75 Å². The first-order valence-electron chi connectivity index (χ1n) is 10.6. The zero-order valence-corrected chi connectivity index (χ0v) is 19.1. The average Bonchev–Trinajstić information content (AvgIpc) is 3.22. The van der Waals surface area contributed by atoms with Crippen molar-refractivity contribution in [3.8, 4) is 11.1 Å². The summed E-state index contributed by atoms with van der Waals surface area (Å²) < 4.78 is 7.01. The molecule has 1 amide bonds. The topological polar surface area (TPSA) is 90.0 Å². The van der Waals surface area contributed by atoms with Gasteiger partial charge in [-0.1, -0.05) is 72.4 Å². The molecule has 0 saturated heterocycles. The minimum absolute atomic E-state index is 0.304.